The first-order valence-corrected chi connectivity index (χ1v) is 10.2. The van der Waals surface area contributed by atoms with Gasteiger partial charge >= 0.3 is 0 Å². The van der Waals surface area contributed by atoms with E-state index in [9.17, 15) is 9.59 Å². The third-order valence-electron chi connectivity index (χ3n) is 4.63. The Labute approximate surface area is 191 Å². The molecule has 0 bridgehead atoms. The fraction of sp³-hybridized carbons (Fsp3) is 0.125. The van der Waals surface area contributed by atoms with Gasteiger partial charge in [0, 0.05) is 23.2 Å². The molecule has 0 atom stereocenters. The standard InChI is InChI=1S/C24H23ClN4O3/c1-4-22(30)28-20-7-5-6-15(2)23(20)29-21-11-9-18(13-27-21)32-14-17-12-16(24(31)26-3)8-10-19(17)25/h4-13H,1,14H2,2-3H3,(H,26,31)(H,27,29)(H,28,30). The van der Waals surface area contributed by atoms with Crippen molar-refractivity contribution in [2.45, 2.75) is 13.5 Å². The van der Waals surface area contributed by atoms with Gasteiger partial charge in [0.25, 0.3) is 5.91 Å². The van der Waals surface area contributed by atoms with Gasteiger partial charge in [0.15, 0.2) is 0 Å². The molecule has 0 fully saturated rings. The summed E-state index contributed by atoms with van der Waals surface area (Å²) in [4.78, 5) is 27.9. The number of carbonyl (C=O) groups is 2. The molecule has 1 aromatic heterocycles. The van der Waals surface area contributed by atoms with Gasteiger partial charge in [0.2, 0.25) is 5.91 Å². The summed E-state index contributed by atoms with van der Waals surface area (Å²) in [6.45, 7) is 5.60. The topological polar surface area (TPSA) is 92.4 Å². The Morgan fingerprint density at radius 2 is 2.00 bits per heavy atom. The van der Waals surface area contributed by atoms with Crippen LogP contribution < -0.4 is 20.7 Å². The smallest absolute Gasteiger partial charge is 0.251 e. The van der Waals surface area contributed by atoms with Gasteiger partial charge in [-0.05, 0) is 55.0 Å². The number of hydrogen-bond acceptors (Lipinski definition) is 5. The van der Waals surface area contributed by atoms with Crippen LogP contribution in [0.2, 0.25) is 5.02 Å². The van der Waals surface area contributed by atoms with Crippen LogP contribution in [0.15, 0.2) is 67.4 Å². The Kier molecular flexibility index (Phi) is 7.46. The maximum Gasteiger partial charge on any atom is 0.251 e. The second-order valence-corrected chi connectivity index (χ2v) is 7.28. The van der Waals surface area contributed by atoms with Crippen LogP contribution in [-0.4, -0.2) is 23.8 Å². The summed E-state index contributed by atoms with van der Waals surface area (Å²) in [5.74, 6) is 0.636. The van der Waals surface area contributed by atoms with Crippen molar-refractivity contribution in [1.29, 1.82) is 0 Å². The zero-order valence-corrected chi connectivity index (χ0v) is 18.5. The first kappa shape index (κ1) is 22.8. The number of rotatable bonds is 8. The fourth-order valence-corrected chi connectivity index (χ4v) is 3.09. The third kappa shape index (κ3) is 5.65. The SMILES string of the molecule is C=CC(=O)Nc1cccc(C)c1Nc1ccc(OCc2cc(C(=O)NC)ccc2Cl)cn1. The maximum absolute atomic E-state index is 11.8. The monoisotopic (exact) mass is 450 g/mol. The van der Waals surface area contributed by atoms with E-state index in [4.69, 9.17) is 16.3 Å². The molecule has 1 heterocycles. The number of benzene rings is 2. The van der Waals surface area contributed by atoms with E-state index in [1.165, 1.54) is 6.08 Å². The van der Waals surface area contributed by atoms with Crippen molar-refractivity contribution >= 4 is 40.6 Å². The molecular weight excluding hydrogens is 428 g/mol. The van der Waals surface area contributed by atoms with Gasteiger partial charge in [-0.15, -0.1) is 0 Å². The van der Waals surface area contributed by atoms with Crippen LogP contribution in [0.3, 0.4) is 0 Å². The van der Waals surface area contributed by atoms with Crippen LogP contribution in [0.25, 0.3) is 0 Å². The van der Waals surface area contributed by atoms with Crippen molar-refractivity contribution in [3.8, 4) is 5.75 Å². The Morgan fingerprint density at radius 1 is 1.19 bits per heavy atom. The number of hydrogen-bond donors (Lipinski definition) is 3. The van der Waals surface area contributed by atoms with Crippen molar-refractivity contribution in [2.75, 3.05) is 17.7 Å². The zero-order valence-electron chi connectivity index (χ0n) is 17.7. The molecule has 7 nitrogen and oxygen atoms in total. The van der Waals surface area contributed by atoms with E-state index in [2.05, 4.69) is 27.5 Å². The van der Waals surface area contributed by atoms with Gasteiger partial charge < -0.3 is 20.7 Å². The Balaban J connectivity index is 1.70. The van der Waals surface area contributed by atoms with Crippen molar-refractivity contribution < 1.29 is 14.3 Å². The molecule has 0 saturated carbocycles. The highest BCUT2D eigenvalue weighted by Gasteiger charge is 2.10. The number of amides is 2. The molecule has 3 N–H and O–H groups in total. The summed E-state index contributed by atoms with van der Waals surface area (Å²) in [6.07, 6.45) is 2.80. The predicted molar refractivity (Wildman–Crippen MR) is 127 cm³/mol. The molecule has 2 aromatic carbocycles. The predicted octanol–water partition coefficient (Wildman–Crippen LogP) is 4.85. The summed E-state index contributed by atoms with van der Waals surface area (Å²) >= 11 is 6.23. The number of nitrogens with one attached hydrogen (secondary N) is 3. The van der Waals surface area contributed by atoms with E-state index >= 15 is 0 Å². The zero-order chi connectivity index (χ0) is 23.1. The van der Waals surface area contributed by atoms with Crippen LogP contribution in [0.4, 0.5) is 17.2 Å². The minimum atomic E-state index is -0.297. The highest BCUT2D eigenvalue weighted by molar-refractivity contribution is 6.31. The Morgan fingerprint density at radius 3 is 2.69 bits per heavy atom. The van der Waals surface area contributed by atoms with Crippen LogP contribution >= 0.6 is 11.6 Å². The van der Waals surface area contributed by atoms with Crippen LogP contribution in [-0.2, 0) is 11.4 Å². The molecule has 0 radical (unpaired) electrons. The summed E-state index contributed by atoms with van der Waals surface area (Å²) in [5.41, 5.74) is 3.51. The number of halogens is 1. The molecule has 0 aliphatic carbocycles. The largest absolute Gasteiger partial charge is 0.487 e. The molecule has 0 saturated heterocycles. The highest BCUT2D eigenvalue weighted by atomic mass is 35.5. The quantitative estimate of drug-likeness (QED) is 0.426. The second-order valence-electron chi connectivity index (χ2n) is 6.87. The molecule has 0 aliphatic heterocycles. The maximum atomic E-state index is 11.8. The Hall–Kier alpha value is -3.84. The third-order valence-corrected chi connectivity index (χ3v) is 5.00. The summed E-state index contributed by atoms with van der Waals surface area (Å²) in [7, 11) is 1.57. The van der Waals surface area contributed by atoms with E-state index < -0.39 is 0 Å². The lowest BCUT2D eigenvalue weighted by molar-refractivity contribution is -0.111. The van der Waals surface area contributed by atoms with Gasteiger partial charge in [0.05, 0.1) is 17.6 Å². The minimum absolute atomic E-state index is 0.188. The van der Waals surface area contributed by atoms with E-state index in [1.54, 1.807) is 49.6 Å². The van der Waals surface area contributed by atoms with Crippen molar-refractivity contribution in [3.63, 3.8) is 0 Å². The molecule has 164 valence electrons. The van der Waals surface area contributed by atoms with Crippen LogP contribution in [0, 0.1) is 6.92 Å². The van der Waals surface area contributed by atoms with Crippen LogP contribution in [0.5, 0.6) is 5.75 Å². The first-order chi connectivity index (χ1) is 15.4. The lowest BCUT2D eigenvalue weighted by Gasteiger charge is -2.15. The number of anilines is 3. The van der Waals surface area contributed by atoms with Gasteiger partial charge in [-0.3, -0.25) is 9.59 Å². The molecule has 0 spiro atoms. The summed E-state index contributed by atoms with van der Waals surface area (Å²) in [6, 6.07) is 14.1. The van der Waals surface area contributed by atoms with Gasteiger partial charge in [-0.2, -0.15) is 0 Å². The Bertz CT molecular complexity index is 1150. The van der Waals surface area contributed by atoms with E-state index in [1.807, 2.05) is 19.1 Å². The number of carbonyl (C=O) groups excluding carboxylic acids is 2. The lowest BCUT2D eigenvalue weighted by Crippen LogP contribution is -2.18. The number of para-hydroxylation sites is 1. The normalized spacial score (nSPS) is 10.2. The first-order valence-electron chi connectivity index (χ1n) is 9.80. The van der Waals surface area contributed by atoms with Crippen molar-refractivity contribution in [3.05, 3.63) is 89.1 Å². The summed E-state index contributed by atoms with van der Waals surface area (Å²) < 4.78 is 5.79. The van der Waals surface area contributed by atoms with Gasteiger partial charge in [0.1, 0.15) is 18.2 Å². The molecule has 3 rings (SSSR count). The van der Waals surface area contributed by atoms with E-state index in [0.29, 0.717) is 33.4 Å². The lowest BCUT2D eigenvalue weighted by atomic mass is 10.1. The molecule has 0 unspecified atom stereocenters. The summed E-state index contributed by atoms with van der Waals surface area (Å²) in [5, 5.41) is 9.10. The van der Waals surface area contributed by atoms with Crippen molar-refractivity contribution in [1.82, 2.24) is 10.3 Å². The average molecular weight is 451 g/mol. The van der Waals surface area contributed by atoms with Gasteiger partial charge in [-0.25, -0.2) is 4.98 Å². The molecule has 8 heteroatoms. The van der Waals surface area contributed by atoms with Gasteiger partial charge in [-0.1, -0.05) is 30.3 Å². The molecule has 32 heavy (non-hydrogen) atoms. The number of aromatic nitrogens is 1. The molecule has 2 amide bonds. The molecule has 0 aliphatic rings. The van der Waals surface area contributed by atoms with E-state index in [0.717, 1.165) is 11.3 Å². The van der Waals surface area contributed by atoms with Crippen molar-refractivity contribution in [2.24, 2.45) is 0 Å². The second kappa shape index (κ2) is 10.5. The molecular formula is C24H23ClN4O3. The van der Waals surface area contributed by atoms with E-state index in [-0.39, 0.29) is 18.4 Å². The highest BCUT2D eigenvalue weighted by Crippen LogP contribution is 2.29. The average Bonchev–Trinajstić information content (AvgIpc) is 2.81. The number of ether oxygens (including phenoxy) is 1. The molecule has 3 aromatic rings. The van der Waals surface area contributed by atoms with Crippen LogP contribution in [0.1, 0.15) is 21.5 Å². The fourth-order valence-electron chi connectivity index (χ4n) is 2.92. The number of pyridine rings is 1. The number of nitrogens with zero attached hydrogens (tertiary/aromatic N) is 1. The number of aryl methyl sites for hydroxylation is 1. The minimum Gasteiger partial charge on any atom is -0.487 e.